The van der Waals surface area contributed by atoms with Crippen molar-refractivity contribution in [1.82, 2.24) is 9.21 Å². The molecule has 0 unspecified atom stereocenters. The van der Waals surface area contributed by atoms with Gasteiger partial charge in [0.05, 0.1) is 4.90 Å². The highest BCUT2D eigenvalue weighted by Gasteiger charge is 2.24. The van der Waals surface area contributed by atoms with Crippen molar-refractivity contribution < 1.29 is 22.7 Å². The lowest BCUT2D eigenvalue weighted by Crippen LogP contribution is -2.31. The molecule has 1 N–H and O–H groups in total. The van der Waals surface area contributed by atoms with E-state index in [0.29, 0.717) is 30.1 Å². The zero-order valence-corrected chi connectivity index (χ0v) is 19.3. The molecule has 0 bridgehead atoms. The molecule has 0 aliphatic rings. The van der Waals surface area contributed by atoms with Crippen molar-refractivity contribution in [3.63, 3.8) is 0 Å². The number of anilines is 1. The van der Waals surface area contributed by atoms with Crippen molar-refractivity contribution in [2.45, 2.75) is 25.7 Å². The van der Waals surface area contributed by atoms with Gasteiger partial charge in [0.15, 0.2) is 6.61 Å². The van der Waals surface area contributed by atoms with Gasteiger partial charge < -0.3 is 15.0 Å². The van der Waals surface area contributed by atoms with Crippen LogP contribution in [-0.2, 0) is 14.8 Å². The number of carbonyl (C=O) groups is 2. The molecule has 0 aromatic heterocycles. The maximum absolute atomic E-state index is 12.9. The third-order valence-corrected chi connectivity index (χ3v) is 6.94. The molecule has 0 saturated carbocycles. The Kier molecular flexibility index (Phi) is 8.18. The van der Waals surface area contributed by atoms with E-state index in [2.05, 4.69) is 5.32 Å². The molecule has 168 valence electrons. The maximum atomic E-state index is 12.9. The van der Waals surface area contributed by atoms with E-state index >= 15 is 0 Å². The Hall–Kier alpha value is -2.91. The van der Waals surface area contributed by atoms with Crippen LogP contribution < -0.4 is 10.1 Å². The minimum absolute atomic E-state index is 0.0775. The topological polar surface area (TPSA) is 96.0 Å². The molecule has 31 heavy (non-hydrogen) atoms. The van der Waals surface area contributed by atoms with Gasteiger partial charge in [-0.25, -0.2) is 8.42 Å². The summed E-state index contributed by atoms with van der Waals surface area (Å²) in [6.45, 7) is 5.88. The minimum Gasteiger partial charge on any atom is -0.484 e. The van der Waals surface area contributed by atoms with Crippen molar-refractivity contribution in [3.05, 3.63) is 53.6 Å². The number of sulfonamides is 1. The van der Waals surface area contributed by atoms with Crippen molar-refractivity contribution in [2.24, 2.45) is 0 Å². The quantitative estimate of drug-likeness (QED) is 0.638. The van der Waals surface area contributed by atoms with Gasteiger partial charge >= 0.3 is 0 Å². The van der Waals surface area contributed by atoms with Gasteiger partial charge in [0.2, 0.25) is 10.0 Å². The lowest BCUT2D eigenvalue weighted by molar-refractivity contribution is -0.130. The molecule has 2 rings (SSSR count). The van der Waals surface area contributed by atoms with Crippen LogP contribution in [0.2, 0.25) is 0 Å². The fourth-order valence-electron chi connectivity index (χ4n) is 2.83. The third-order valence-electron chi connectivity index (χ3n) is 4.75. The first-order chi connectivity index (χ1) is 14.6. The first-order valence-corrected chi connectivity index (χ1v) is 11.4. The molecular formula is C22H29N3O5S. The molecule has 0 spiro atoms. The van der Waals surface area contributed by atoms with Crippen LogP contribution in [0.1, 0.15) is 29.8 Å². The Morgan fingerprint density at radius 2 is 1.61 bits per heavy atom. The number of aryl methyl sites for hydroxylation is 1. The highest BCUT2D eigenvalue weighted by Crippen LogP contribution is 2.22. The molecule has 2 aromatic rings. The Morgan fingerprint density at radius 1 is 1.00 bits per heavy atom. The van der Waals surface area contributed by atoms with Gasteiger partial charge in [-0.05, 0) is 48.9 Å². The Balaban J connectivity index is 2.15. The van der Waals surface area contributed by atoms with Gasteiger partial charge in [-0.3, -0.25) is 9.59 Å². The summed E-state index contributed by atoms with van der Waals surface area (Å²) < 4.78 is 32.5. The molecule has 2 aromatic carbocycles. The second-order valence-electron chi connectivity index (χ2n) is 7.12. The fourth-order valence-corrected chi connectivity index (χ4v) is 4.54. The summed E-state index contributed by atoms with van der Waals surface area (Å²) in [4.78, 5) is 25.8. The highest BCUT2D eigenvalue weighted by atomic mass is 32.2. The molecule has 8 nitrogen and oxygen atoms in total. The van der Waals surface area contributed by atoms with E-state index in [9.17, 15) is 18.0 Å². The molecule has 0 aliphatic carbocycles. The molecule has 0 aliphatic heterocycles. The van der Waals surface area contributed by atoms with E-state index in [0.717, 1.165) is 0 Å². The molecular weight excluding hydrogens is 418 g/mol. The van der Waals surface area contributed by atoms with Crippen LogP contribution in [0.15, 0.2) is 47.4 Å². The fraction of sp³-hybridized carbons (Fsp3) is 0.364. The molecule has 2 amide bonds. The van der Waals surface area contributed by atoms with Crippen LogP contribution in [0.4, 0.5) is 5.69 Å². The van der Waals surface area contributed by atoms with Crippen LogP contribution in [-0.4, -0.2) is 63.2 Å². The summed E-state index contributed by atoms with van der Waals surface area (Å²) in [5.74, 6) is -0.0872. The van der Waals surface area contributed by atoms with Gasteiger partial charge in [0.1, 0.15) is 5.75 Å². The Morgan fingerprint density at radius 3 is 2.16 bits per heavy atom. The second-order valence-corrected chi connectivity index (χ2v) is 9.03. The normalized spacial score (nSPS) is 11.3. The van der Waals surface area contributed by atoms with Crippen LogP contribution in [0.5, 0.6) is 5.75 Å². The van der Waals surface area contributed by atoms with Crippen molar-refractivity contribution in [3.8, 4) is 5.75 Å². The van der Waals surface area contributed by atoms with E-state index in [1.807, 2.05) is 0 Å². The first-order valence-electron chi connectivity index (χ1n) is 9.95. The highest BCUT2D eigenvalue weighted by molar-refractivity contribution is 7.89. The summed E-state index contributed by atoms with van der Waals surface area (Å²) in [5, 5.41) is 2.75. The van der Waals surface area contributed by atoms with E-state index in [1.54, 1.807) is 71.3 Å². The largest absolute Gasteiger partial charge is 0.484 e. The van der Waals surface area contributed by atoms with Crippen molar-refractivity contribution in [2.75, 3.05) is 39.1 Å². The lowest BCUT2D eigenvalue weighted by atomic mass is 10.1. The van der Waals surface area contributed by atoms with Crippen LogP contribution in [0, 0.1) is 6.92 Å². The minimum atomic E-state index is -3.68. The maximum Gasteiger partial charge on any atom is 0.259 e. The molecule has 0 radical (unpaired) electrons. The van der Waals surface area contributed by atoms with Crippen molar-refractivity contribution in [1.29, 1.82) is 0 Å². The van der Waals surface area contributed by atoms with Crippen LogP contribution >= 0.6 is 0 Å². The molecule has 9 heteroatoms. The predicted molar refractivity (Wildman–Crippen MR) is 120 cm³/mol. The monoisotopic (exact) mass is 447 g/mol. The predicted octanol–water partition coefficient (Wildman–Crippen LogP) is 2.74. The second kappa shape index (κ2) is 10.4. The first kappa shape index (κ1) is 24.4. The number of amides is 2. The Labute approximate surface area is 183 Å². The van der Waals surface area contributed by atoms with Gasteiger partial charge in [0, 0.05) is 38.4 Å². The van der Waals surface area contributed by atoms with E-state index in [4.69, 9.17) is 4.74 Å². The van der Waals surface area contributed by atoms with Crippen LogP contribution in [0.3, 0.4) is 0 Å². The zero-order chi connectivity index (χ0) is 23.2. The number of carbonyl (C=O) groups excluding carboxylic acids is 2. The molecule has 0 fully saturated rings. The average Bonchev–Trinajstić information content (AvgIpc) is 2.73. The number of ether oxygens (including phenoxy) is 1. The molecule has 0 atom stereocenters. The Bertz CT molecular complexity index is 1030. The number of rotatable bonds is 9. The SMILES string of the molecule is CCN(CC)S(=O)(=O)c1cc(C(=O)Nc2ccc(OCC(=O)N(C)C)cc2)ccc1C. The number of benzene rings is 2. The number of nitrogens with one attached hydrogen (secondary N) is 1. The van der Waals surface area contributed by atoms with Gasteiger partial charge in [-0.15, -0.1) is 0 Å². The standard InChI is InChI=1S/C22H29N3O5S/c1-6-25(7-2)31(28,29)20-14-17(9-8-16(20)3)22(27)23-18-10-12-19(13-11-18)30-15-21(26)24(4)5/h8-14H,6-7,15H2,1-5H3,(H,23,27). The number of likely N-dealkylation sites (N-methyl/N-ethyl adjacent to an activating group) is 1. The van der Waals surface area contributed by atoms with E-state index < -0.39 is 15.9 Å². The average molecular weight is 448 g/mol. The van der Waals surface area contributed by atoms with Crippen molar-refractivity contribution >= 4 is 27.5 Å². The van der Waals surface area contributed by atoms with Gasteiger partial charge in [-0.1, -0.05) is 19.9 Å². The lowest BCUT2D eigenvalue weighted by Gasteiger charge is -2.20. The summed E-state index contributed by atoms with van der Waals surface area (Å²) in [6.07, 6.45) is 0. The van der Waals surface area contributed by atoms with Gasteiger partial charge in [0.25, 0.3) is 11.8 Å². The molecule has 0 heterocycles. The van der Waals surface area contributed by atoms with E-state index in [1.165, 1.54) is 15.3 Å². The van der Waals surface area contributed by atoms with Crippen LogP contribution in [0.25, 0.3) is 0 Å². The third kappa shape index (κ3) is 6.05. The number of hydrogen-bond acceptors (Lipinski definition) is 5. The number of hydrogen-bond donors (Lipinski definition) is 1. The van der Waals surface area contributed by atoms with E-state index in [-0.39, 0.29) is 23.0 Å². The smallest absolute Gasteiger partial charge is 0.259 e. The number of nitrogens with zero attached hydrogens (tertiary/aromatic N) is 2. The van der Waals surface area contributed by atoms with Gasteiger partial charge in [-0.2, -0.15) is 4.31 Å². The summed E-state index contributed by atoms with van der Waals surface area (Å²) in [6, 6.07) is 11.2. The summed E-state index contributed by atoms with van der Waals surface area (Å²) in [5.41, 5.74) is 1.34. The summed E-state index contributed by atoms with van der Waals surface area (Å²) >= 11 is 0. The summed E-state index contributed by atoms with van der Waals surface area (Å²) in [7, 11) is -0.386. The zero-order valence-electron chi connectivity index (χ0n) is 18.5. The molecule has 0 saturated heterocycles.